The Morgan fingerprint density at radius 3 is 1.90 bits per heavy atom. The van der Waals surface area contributed by atoms with Crippen molar-refractivity contribution in [3.8, 4) is 22.3 Å². The summed E-state index contributed by atoms with van der Waals surface area (Å²) < 4.78 is 0. The van der Waals surface area contributed by atoms with E-state index in [9.17, 15) is 0 Å². The molecular formula is C21H18. The van der Waals surface area contributed by atoms with E-state index in [4.69, 9.17) is 0 Å². The molecule has 3 rings (SSSR count). The lowest BCUT2D eigenvalue weighted by molar-refractivity contribution is 1.28. The number of hydrogen-bond donors (Lipinski definition) is 0. The van der Waals surface area contributed by atoms with Crippen LogP contribution in [0.4, 0.5) is 0 Å². The van der Waals surface area contributed by atoms with Crippen LogP contribution in [0.2, 0.25) is 0 Å². The zero-order valence-corrected chi connectivity index (χ0v) is 12.0. The van der Waals surface area contributed by atoms with E-state index in [0.29, 0.717) is 0 Å². The number of benzene rings is 3. The second-order valence-corrected chi connectivity index (χ2v) is 5.06. The summed E-state index contributed by atoms with van der Waals surface area (Å²) in [5.41, 5.74) is 6.41. The summed E-state index contributed by atoms with van der Waals surface area (Å²) in [6.45, 7) is 3.87. The Bertz CT molecular complexity index is 739. The van der Waals surface area contributed by atoms with Crippen molar-refractivity contribution in [2.24, 2.45) is 0 Å². The highest BCUT2D eigenvalue weighted by Crippen LogP contribution is 2.33. The van der Waals surface area contributed by atoms with E-state index in [1.807, 2.05) is 6.08 Å². The zero-order valence-electron chi connectivity index (χ0n) is 12.0. The lowest BCUT2D eigenvalue weighted by Gasteiger charge is -2.13. The number of allylic oxidation sites excluding steroid dienone is 1. The van der Waals surface area contributed by atoms with Crippen molar-refractivity contribution >= 4 is 0 Å². The fourth-order valence-corrected chi connectivity index (χ4v) is 2.70. The van der Waals surface area contributed by atoms with Gasteiger partial charge in [-0.25, -0.2) is 0 Å². The summed E-state index contributed by atoms with van der Waals surface area (Å²) in [7, 11) is 0. The lowest BCUT2D eigenvalue weighted by Crippen LogP contribution is -1.90. The monoisotopic (exact) mass is 270 g/mol. The van der Waals surface area contributed by atoms with Gasteiger partial charge in [-0.15, -0.1) is 6.58 Å². The van der Waals surface area contributed by atoms with Crippen LogP contribution in [-0.4, -0.2) is 0 Å². The minimum Gasteiger partial charge on any atom is -0.103 e. The highest BCUT2D eigenvalue weighted by Gasteiger charge is 2.09. The van der Waals surface area contributed by atoms with Gasteiger partial charge in [0.1, 0.15) is 0 Å². The molecule has 0 aliphatic carbocycles. The molecule has 0 aliphatic heterocycles. The van der Waals surface area contributed by atoms with Gasteiger partial charge in [-0.2, -0.15) is 0 Å². The Labute approximate surface area is 126 Å². The quantitative estimate of drug-likeness (QED) is 0.529. The SMILES string of the molecule is C=CCc1ccccc1-c1ccccc1-c1ccccc1. The van der Waals surface area contributed by atoms with E-state index in [0.717, 1.165) is 6.42 Å². The molecule has 0 atom stereocenters. The van der Waals surface area contributed by atoms with Crippen molar-refractivity contribution in [2.45, 2.75) is 6.42 Å². The van der Waals surface area contributed by atoms with Gasteiger partial charge in [-0.1, -0.05) is 84.9 Å². The minimum absolute atomic E-state index is 0.888. The molecular weight excluding hydrogens is 252 g/mol. The smallest absolute Gasteiger partial charge is 0.00940 e. The fraction of sp³-hybridized carbons (Fsp3) is 0.0476. The summed E-state index contributed by atoms with van der Waals surface area (Å²) in [5, 5.41) is 0. The molecule has 21 heavy (non-hydrogen) atoms. The zero-order chi connectivity index (χ0) is 14.5. The van der Waals surface area contributed by atoms with E-state index in [1.165, 1.54) is 27.8 Å². The van der Waals surface area contributed by atoms with E-state index in [-0.39, 0.29) is 0 Å². The third kappa shape index (κ3) is 2.80. The van der Waals surface area contributed by atoms with Crippen LogP contribution in [0, 0.1) is 0 Å². The van der Waals surface area contributed by atoms with Gasteiger partial charge in [-0.05, 0) is 34.2 Å². The van der Waals surface area contributed by atoms with Crippen molar-refractivity contribution in [3.63, 3.8) is 0 Å². The normalized spacial score (nSPS) is 10.3. The van der Waals surface area contributed by atoms with E-state index in [2.05, 4.69) is 85.4 Å². The van der Waals surface area contributed by atoms with Crippen LogP contribution in [0.25, 0.3) is 22.3 Å². The number of rotatable bonds is 4. The van der Waals surface area contributed by atoms with Gasteiger partial charge in [-0.3, -0.25) is 0 Å². The Balaban J connectivity index is 2.18. The summed E-state index contributed by atoms with van der Waals surface area (Å²) in [5.74, 6) is 0. The van der Waals surface area contributed by atoms with Crippen LogP contribution in [0.3, 0.4) is 0 Å². The molecule has 3 aromatic carbocycles. The second kappa shape index (κ2) is 6.23. The van der Waals surface area contributed by atoms with Crippen molar-refractivity contribution in [3.05, 3.63) is 97.1 Å². The molecule has 0 aliphatic rings. The molecule has 0 heteroatoms. The van der Waals surface area contributed by atoms with Crippen LogP contribution in [0.5, 0.6) is 0 Å². The molecule has 0 spiro atoms. The Morgan fingerprint density at radius 2 is 1.19 bits per heavy atom. The highest BCUT2D eigenvalue weighted by atomic mass is 14.1. The summed E-state index contributed by atoms with van der Waals surface area (Å²) in [6, 6.07) is 27.7. The molecule has 102 valence electrons. The Hall–Kier alpha value is -2.60. The number of hydrogen-bond acceptors (Lipinski definition) is 0. The standard InChI is InChI=1S/C21H18/c1-2-10-17-13-6-7-14-19(17)21-16-9-8-15-20(21)18-11-4-3-5-12-18/h2-9,11-16H,1,10H2. The van der Waals surface area contributed by atoms with Crippen molar-refractivity contribution in [1.82, 2.24) is 0 Å². The van der Waals surface area contributed by atoms with Crippen LogP contribution < -0.4 is 0 Å². The lowest BCUT2D eigenvalue weighted by atomic mass is 9.91. The van der Waals surface area contributed by atoms with Gasteiger partial charge >= 0.3 is 0 Å². The Morgan fingerprint density at radius 1 is 0.619 bits per heavy atom. The average molecular weight is 270 g/mol. The third-order valence-electron chi connectivity index (χ3n) is 3.68. The van der Waals surface area contributed by atoms with Gasteiger partial charge in [0.2, 0.25) is 0 Å². The molecule has 0 nitrogen and oxygen atoms in total. The molecule has 0 aromatic heterocycles. The van der Waals surface area contributed by atoms with Crippen molar-refractivity contribution in [1.29, 1.82) is 0 Å². The molecule has 0 fully saturated rings. The maximum atomic E-state index is 3.87. The van der Waals surface area contributed by atoms with Crippen LogP contribution in [0.1, 0.15) is 5.56 Å². The Kier molecular flexibility index (Phi) is 3.97. The molecule has 3 aromatic rings. The molecule has 0 heterocycles. The van der Waals surface area contributed by atoms with Crippen LogP contribution >= 0.6 is 0 Å². The van der Waals surface area contributed by atoms with Crippen molar-refractivity contribution in [2.75, 3.05) is 0 Å². The third-order valence-corrected chi connectivity index (χ3v) is 3.68. The molecule has 0 unspecified atom stereocenters. The van der Waals surface area contributed by atoms with Gasteiger partial charge in [0.05, 0.1) is 0 Å². The van der Waals surface area contributed by atoms with Gasteiger partial charge in [0, 0.05) is 0 Å². The van der Waals surface area contributed by atoms with Gasteiger partial charge < -0.3 is 0 Å². The maximum Gasteiger partial charge on any atom is -0.00940 e. The van der Waals surface area contributed by atoms with Crippen molar-refractivity contribution < 1.29 is 0 Å². The van der Waals surface area contributed by atoms with E-state index < -0.39 is 0 Å². The molecule has 0 saturated carbocycles. The molecule has 0 radical (unpaired) electrons. The summed E-state index contributed by atoms with van der Waals surface area (Å²) >= 11 is 0. The molecule has 0 N–H and O–H groups in total. The fourth-order valence-electron chi connectivity index (χ4n) is 2.70. The van der Waals surface area contributed by atoms with Crippen LogP contribution in [-0.2, 0) is 6.42 Å². The predicted octanol–water partition coefficient (Wildman–Crippen LogP) is 5.75. The van der Waals surface area contributed by atoms with Gasteiger partial charge in [0.15, 0.2) is 0 Å². The molecule has 0 saturated heterocycles. The van der Waals surface area contributed by atoms with Crippen LogP contribution in [0.15, 0.2) is 91.5 Å². The summed E-state index contributed by atoms with van der Waals surface area (Å²) in [6.07, 6.45) is 2.85. The first-order valence-corrected chi connectivity index (χ1v) is 7.24. The van der Waals surface area contributed by atoms with Gasteiger partial charge in [0.25, 0.3) is 0 Å². The average Bonchev–Trinajstić information content (AvgIpc) is 2.57. The highest BCUT2D eigenvalue weighted by molar-refractivity contribution is 5.84. The maximum absolute atomic E-state index is 3.87. The first-order chi connectivity index (χ1) is 10.4. The minimum atomic E-state index is 0.888. The molecule has 0 bridgehead atoms. The van der Waals surface area contributed by atoms with E-state index >= 15 is 0 Å². The predicted molar refractivity (Wildman–Crippen MR) is 91.2 cm³/mol. The first kappa shape index (κ1) is 13.4. The largest absolute Gasteiger partial charge is 0.103 e. The molecule has 0 amide bonds. The second-order valence-electron chi connectivity index (χ2n) is 5.06. The van der Waals surface area contributed by atoms with E-state index in [1.54, 1.807) is 0 Å². The first-order valence-electron chi connectivity index (χ1n) is 7.24. The topological polar surface area (TPSA) is 0 Å². The summed E-state index contributed by atoms with van der Waals surface area (Å²) in [4.78, 5) is 0.